The summed E-state index contributed by atoms with van der Waals surface area (Å²) in [6.07, 6.45) is 5.13. The van der Waals surface area contributed by atoms with Crippen molar-refractivity contribution < 1.29 is 4.79 Å². The van der Waals surface area contributed by atoms with Crippen molar-refractivity contribution in [3.05, 3.63) is 84.2 Å². The minimum absolute atomic E-state index is 0.101. The van der Waals surface area contributed by atoms with E-state index in [0.29, 0.717) is 5.82 Å². The van der Waals surface area contributed by atoms with Crippen LogP contribution in [0.2, 0.25) is 0 Å². The summed E-state index contributed by atoms with van der Waals surface area (Å²) < 4.78 is 0. The molecule has 1 aliphatic rings. The van der Waals surface area contributed by atoms with Gasteiger partial charge in [-0.05, 0) is 60.4 Å². The molecule has 0 saturated carbocycles. The normalized spacial score (nSPS) is 13.8. The van der Waals surface area contributed by atoms with Gasteiger partial charge in [-0.3, -0.25) is 14.7 Å². The number of pyridine rings is 1. The van der Waals surface area contributed by atoms with Crippen LogP contribution in [0.4, 0.5) is 11.4 Å². The zero-order chi connectivity index (χ0) is 20.5. The van der Waals surface area contributed by atoms with Crippen LogP contribution in [0.15, 0.2) is 73.1 Å². The van der Waals surface area contributed by atoms with Gasteiger partial charge >= 0.3 is 0 Å². The number of anilines is 2. The topological polar surface area (TPSA) is 76.8 Å². The second-order valence-corrected chi connectivity index (χ2v) is 7.28. The van der Waals surface area contributed by atoms with Gasteiger partial charge in [-0.25, -0.2) is 0 Å². The molecule has 0 radical (unpaired) electrons. The number of fused-ring (bicyclic) bond motifs is 2. The number of hydrogen-bond acceptors (Lipinski definition) is 5. The highest BCUT2D eigenvalue weighted by Gasteiger charge is 2.30. The molecular weight excluding hydrogens is 376 g/mol. The standard InChI is InChI=1S/C23H20N6O/c1-16(29-26-22(25-27-29)19-12-14-24-15-13-19)23(30)28-20-8-4-2-6-17(20)10-11-18-7-3-5-9-21(18)28/h2-9,12-16H,10-11H2,1H3. The molecule has 7 nitrogen and oxygen atoms in total. The maximum absolute atomic E-state index is 13.7. The van der Waals surface area contributed by atoms with Crippen LogP contribution in [-0.4, -0.2) is 31.1 Å². The molecule has 0 bridgehead atoms. The third kappa shape index (κ3) is 3.14. The molecule has 1 atom stereocenters. The van der Waals surface area contributed by atoms with E-state index in [0.717, 1.165) is 40.9 Å². The fourth-order valence-corrected chi connectivity index (χ4v) is 3.81. The van der Waals surface area contributed by atoms with E-state index < -0.39 is 6.04 Å². The summed E-state index contributed by atoms with van der Waals surface area (Å²) in [6.45, 7) is 1.80. The maximum Gasteiger partial charge on any atom is 0.258 e. The highest BCUT2D eigenvalue weighted by Crippen LogP contribution is 2.37. The van der Waals surface area contributed by atoms with Gasteiger partial charge in [0.25, 0.3) is 5.91 Å². The van der Waals surface area contributed by atoms with Gasteiger partial charge in [0.05, 0.1) is 11.4 Å². The maximum atomic E-state index is 13.7. The summed E-state index contributed by atoms with van der Waals surface area (Å²) in [5.74, 6) is 0.365. The number of hydrogen-bond donors (Lipinski definition) is 0. The number of benzene rings is 2. The van der Waals surface area contributed by atoms with Gasteiger partial charge in [0.1, 0.15) is 6.04 Å². The van der Waals surface area contributed by atoms with Gasteiger partial charge in [0.2, 0.25) is 5.82 Å². The van der Waals surface area contributed by atoms with Crippen molar-refractivity contribution in [1.82, 2.24) is 25.2 Å². The zero-order valence-electron chi connectivity index (χ0n) is 16.5. The Kier molecular flexibility index (Phi) is 4.55. The van der Waals surface area contributed by atoms with Gasteiger partial charge in [-0.2, -0.15) is 4.80 Å². The lowest BCUT2D eigenvalue weighted by Gasteiger charge is -2.27. The summed E-state index contributed by atoms with van der Waals surface area (Å²) in [7, 11) is 0. The fourth-order valence-electron chi connectivity index (χ4n) is 3.81. The Morgan fingerprint density at radius 3 is 2.13 bits per heavy atom. The van der Waals surface area contributed by atoms with Crippen LogP contribution < -0.4 is 4.90 Å². The molecule has 2 aromatic carbocycles. The SMILES string of the molecule is CC(C(=O)N1c2ccccc2CCc2ccccc21)n1nnc(-c2ccncc2)n1. The molecule has 0 fully saturated rings. The molecule has 7 heteroatoms. The molecule has 0 saturated heterocycles. The smallest absolute Gasteiger partial charge is 0.258 e. The molecular formula is C23H20N6O. The molecule has 0 spiro atoms. The molecule has 1 unspecified atom stereocenters. The Labute approximate surface area is 174 Å². The molecule has 0 aliphatic carbocycles. The molecule has 1 aliphatic heterocycles. The van der Waals surface area contributed by atoms with Crippen LogP contribution >= 0.6 is 0 Å². The Morgan fingerprint density at radius 1 is 0.900 bits per heavy atom. The first-order valence-corrected chi connectivity index (χ1v) is 9.92. The quantitative estimate of drug-likeness (QED) is 0.527. The third-order valence-electron chi connectivity index (χ3n) is 5.42. The van der Waals surface area contributed by atoms with Crippen molar-refractivity contribution in [2.45, 2.75) is 25.8 Å². The van der Waals surface area contributed by atoms with Crippen molar-refractivity contribution in [3.8, 4) is 11.4 Å². The zero-order valence-corrected chi connectivity index (χ0v) is 16.5. The Balaban J connectivity index is 1.54. The average Bonchev–Trinajstić information content (AvgIpc) is 3.23. The monoisotopic (exact) mass is 396 g/mol. The van der Waals surface area contributed by atoms with E-state index in [-0.39, 0.29) is 5.91 Å². The second kappa shape index (κ2) is 7.51. The number of amides is 1. The summed E-state index contributed by atoms with van der Waals surface area (Å²) >= 11 is 0. The van der Waals surface area contributed by atoms with Crippen molar-refractivity contribution in [2.75, 3.05) is 4.90 Å². The number of nitrogens with zero attached hydrogens (tertiary/aromatic N) is 6. The number of para-hydroxylation sites is 2. The van der Waals surface area contributed by atoms with Gasteiger partial charge in [0.15, 0.2) is 0 Å². The molecule has 30 heavy (non-hydrogen) atoms. The first-order valence-electron chi connectivity index (χ1n) is 9.92. The fraction of sp³-hybridized carbons (Fsp3) is 0.174. The van der Waals surface area contributed by atoms with Crippen LogP contribution in [0.1, 0.15) is 24.1 Å². The molecule has 4 aromatic rings. The number of carbonyl (C=O) groups excluding carboxylic acids is 1. The van der Waals surface area contributed by atoms with E-state index in [9.17, 15) is 4.79 Å². The molecule has 2 aromatic heterocycles. The van der Waals surface area contributed by atoms with Gasteiger partial charge in [-0.1, -0.05) is 36.4 Å². The number of aryl methyl sites for hydroxylation is 2. The van der Waals surface area contributed by atoms with Crippen LogP contribution in [0.5, 0.6) is 0 Å². The molecule has 5 rings (SSSR count). The van der Waals surface area contributed by atoms with E-state index >= 15 is 0 Å². The molecule has 1 amide bonds. The highest BCUT2D eigenvalue weighted by molar-refractivity contribution is 6.04. The minimum atomic E-state index is -0.618. The van der Waals surface area contributed by atoms with Gasteiger partial charge in [-0.15, -0.1) is 10.2 Å². The first kappa shape index (κ1) is 18.2. The van der Waals surface area contributed by atoms with Crippen molar-refractivity contribution in [2.24, 2.45) is 0 Å². The first-order chi connectivity index (χ1) is 14.7. The lowest BCUT2D eigenvalue weighted by Crippen LogP contribution is -2.34. The van der Waals surface area contributed by atoms with Crippen LogP contribution in [-0.2, 0) is 17.6 Å². The molecule has 0 N–H and O–H groups in total. The van der Waals surface area contributed by atoms with E-state index in [1.807, 2.05) is 48.5 Å². The lowest BCUT2D eigenvalue weighted by molar-refractivity contribution is -0.121. The van der Waals surface area contributed by atoms with Crippen molar-refractivity contribution in [1.29, 1.82) is 0 Å². The second-order valence-electron chi connectivity index (χ2n) is 7.28. The van der Waals surface area contributed by atoms with Crippen molar-refractivity contribution in [3.63, 3.8) is 0 Å². The van der Waals surface area contributed by atoms with E-state index in [1.165, 1.54) is 4.80 Å². The summed E-state index contributed by atoms with van der Waals surface area (Å²) in [5.41, 5.74) is 4.93. The summed E-state index contributed by atoms with van der Waals surface area (Å²) in [5, 5.41) is 12.7. The average molecular weight is 396 g/mol. The summed E-state index contributed by atoms with van der Waals surface area (Å²) in [6, 6.07) is 19.1. The van der Waals surface area contributed by atoms with Gasteiger partial charge in [0, 0.05) is 18.0 Å². The predicted octanol–water partition coefficient (Wildman–Crippen LogP) is 3.76. The predicted molar refractivity (Wildman–Crippen MR) is 113 cm³/mol. The lowest BCUT2D eigenvalue weighted by atomic mass is 10.0. The van der Waals surface area contributed by atoms with Crippen LogP contribution in [0.3, 0.4) is 0 Å². The minimum Gasteiger partial charge on any atom is -0.279 e. The third-order valence-corrected chi connectivity index (χ3v) is 5.42. The highest BCUT2D eigenvalue weighted by atomic mass is 16.2. The largest absolute Gasteiger partial charge is 0.279 e. The molecule has 3 heterocycles. The van der Waals surface area contributed by atoms with Crippen LogP contribution in [0, 0.1) is 0 Å². The number of carbonyl (C=O) groups is 1. The molecule has 148 valence electrons. The Morgan fingerprint density at radius 2 is 1.50 bits per heavy atom. The number of rotatable bonds is 3. The Bertz CT molecular complexity index is 1160. The van der Waals surface area contributed by atoms with E-state index in [1.54, 1.807) is 24.2 Å². The van der Waals surface area contributed by atoms with E-state index in [2.05, 4.69) is 32.5 Å². The van der Waals surface area contributed by atoms with Crippen LogP contribution in [0.25, 0.3) is 11.4 Å². The number of aromatic nitrogens is 5. The summed E-state index contributed by atoms with van der Waals surface area (Å²) in [4.78, 5) is 20.9. The Hall–Kier alpha value is -3.87. The van der Waals surface area contributed by atoms with E-state index in [4.69, 9.17) is 0 Å². The van der Waals surface area contributed by atoms with Gasteiger partial charge < -0.3 is 0 Å². The van der Waals surface area contributed by atoms with Crippen molar-refractivity contribution >= 4 is 17.3 Å². The number of tetrazole rings is 1.